The van der Waals surface area contributed by atoms with Crippen LogP contribution < -0.4 is 10.1 Å². The zero-order chi connectivity index (χ0) is 15.2. The van der Waals surface area contributed by atoms with Crippen molar-refractivity contribution in [3.8, 4) is 11.8 Å². The fourth-order valence-corrected chi connectivity index (χ4v) is 2.19. The molecule has 1 heterocycles. The molecule has 1 aromatic carbocycles. The van der Waals surface area contributed by atoms with Gasteiger partial charge in [0.2, 0.25) is 0 Å². The summed E-state index contributed by atoms with van der Waals surface area (Å²) in [5, 5.41) is 12.6. The number of aromatic nitrogens is 2. The van der Waals surface area contributed by atoms with Crippen molar-refractivity contribution in [1.82, 2.24) is 9.97 Å². The van der Waals surface area contributed by atoms with E-state index >= 15 is 0 Å². The van der Waals surface area contributed by atoms with Crippen LogP contribution in [0.3, 0.4) is 0 Å². The van der Waals surface area contributed by atoms with E-state index in [2.05, 4.69) is 28.3 Å². The Hall–Kier alpha value is -2.32. The van der Waals surface area contributed by atoms with Gasteiger partial charge in [0.25, 0.3) is 0 Å². The summed E-state index contributed by atoms with van der Waals surface area (Å²) in [5.74, 6) is 1.23. The number of rotatable bonds is 5. The Morgan fingerprint density at radius 2 is 2.19 bits per heavy atom. The van der Waals surface area contributed by atoms with E-state index in [0.29, 0.717) is 22.3 Å². The Balaban J connectivity index is 2.39. The molecule has 0 spiro atoms. The minimum atomic E-state index is 0.446. The molecule has 0 bridgehead atoms. The number of ether oxygens (including phenoxy) is 1. The predicted molar refractivity (Wildman–Crippen MR) is 82.0 cm³/mol. The van der Waals surface area contributed by atoms with E-state index in [1.807, 2.05) is 0 Å². The van der Waals surface area contributed by atoms with E-state index in [4.69, 9.17) is 21.6 Å². The third kappa shape index (κ3) is 3.41. The summed E-state index contributed by atoms with van der Waals surface area (Å²) < 4.78 is 5.30. The Kier molecular flexibility index (Phi) is 4.96. The van der Waals surface area contributed by atoms with Crippen LogP contribution in [0.5, 0.6) is 5.75 Å². The van der Waals surface area contributed by atoms with Crippen molar-refractivity contribution < 1.29 is 4.74 Å². The summed E-state index contributed by atoms with van der Waals surface area (Å²) in [6, 6.07) is 7.25. The summed E-state index contributed by atoms with van der Waals surface area (Å²) >= 11 is 6.13. The molecule has 0 aliphatic rings. The van der Waals surface area contributed by atoms with E-state index in [-0.39, 0.29) is 0 Å². The fraction of sp³-hybridized carbons (Fsp3) is 0.267. The van der Waals surface area contributed by atoms with Gasteiger partial charge in [0.05, 0.1) is 24.4 Å². The Morgan fingerprint density at radius 3 is 2.86 bits per heavy atom. The highest BCUT2D eigenvalue weighted by Crippen LogP contribution is 2.30. The zero-order valence-corrected chi connectivity index (χ0v) is 12.6. The topological polar surface area (TPSA) is 70.8 Å². The minimum Gasteiger partial charge on any atom is -0.495 e. The van der Waals surface area contributed by atoms with Crippen molar-refractivity contribution in [2.75, 3.05) is 12.4 Å². The maximum Gasteiger partial charge on any atom is 0.143 e. The Labute approximate surface area is 128 Å². The van der Waals surface area contributed by atoms with E-state index in [1.54, 1.807) is 25.3 Å². The first kappa shape index (κ1) is 15.1. The van der Waals surface area contributed by atoms with Crippen molar-refractivity contribution in [1.29, 1.82) is 5.26 Å². The number of anilines is 2. The fourth-order valence-electron chi connectivity index (χ4n) is 1.96. The van der Waals surface area contributed by atoms with Gasteiger partial charge in [-0.2, -0.15) is 5.26 Å². The molecule has 6 heteroatoms. The monoisotopic (exact) mass is 302 g/mol. The van der Waals surface area contributed by atoms with E-state index in [0.717, 1.165) is 24.1 Å². The van der Waals surface area contributed by atoms with Gasteiger partial charge >= 0.3 is 0 Å². The first-order valence-corrected chi connectivity index (χ1v) is 6.92. The van der Waals surface area contributed by atoms with Gasteiger partial charge in [-0.25, -0.2) is 9.97 Å². The van der Waals surface area contributed by atoms with Crippen LogP contribution >= 0.6 is 11.6 Å². The van der Waals surface area contributed by atoms with Gasteiger partial charge in [-0.05, 0) is 18.6 Å². The lowest BCUT2D eigenvalue weighted by Gasteiger charge is -2.14. The van der Waals surface area contributed by atoms with Crippen LogP contribution in [0.1, 0.15) is 24.5 Å². The second-order valence-electron chi connectivity index (χ2n) is 4.39. The maximum atomic E-state index is 8.92. The van der Waals surface area contributed by atoms with Crippen LogP contribution in [0.25, 0.3) is 0 Å². The molecule has 0 aliphatic heterocycles. The molecule has 2 rings (SSSR count). The van der Waals surface area contributed by atoms with Gasteiger partial charge in [-0.15, -0.1) is 0 Å². The second-order valence-corrected chi connectivity index (χ2v) is 4.75. The zero-order valence-electron chi connectivity index (χ0n) is 11.9. The highest BCUT2D eigenvalue weighted by atomic mass is 35.5. The second kappa shape index (κ2) is 6.91. The number of methoxy groups -OCH3 is 1. The van der Waals surface area contributed by atoms with Crippen molar-refractivity contribution in [2.45, 2.75) is 19.8 Å². The summed E-state index contributed by atoms with van der Waals surface area (Å²) in [6.07, 6.45) is 3.13. The first-order chi connectivity index (χ1) is 10.2. The number of halogens is 1. The van der Waals surface area contributed by atoms with Gasteiger partial charge in [0.1, 0.15) is 23.0 Å². The van der Waals surface area contributed by atoms with Crippen molar-refractivity contribution in [3.05, 3.63) is 40.8 Å². The molecule has 0 saturated carbocycles. The molecule has 0 aliphatic carbocycles. The molecule has 108 valence electrons. The molecular formula is C15H15ClN4O. The molecular weight excluding hydrogens is 288 g/mol. The first-order valence-electron chi connectivity index (χ1n) is 6.54. The summed E-state index contributed by atoms with van der Waals surface area (Å²) in [6.45, 7) is 2.06. The van der Waals surface area contributed by atoms with Crippen molar-refractivity contribution in [2.24, 2.45) is 0 Å². The lowest BCUT2D eigenvalue weighted by Crippen LogP contribution is -2.03. The van der Waals surface area contributed by atoms with Gasteiger partial charge < -0.3 is 10.1 Å². The largest absolute Gasteiger partial charge is 0.495 e. The molecule has 0 fully saturated rings. The van der Waals surface area contributed by atoms with Crippen LogP contribution in [0, 0.1) is 11.3 Å². The van der Waals surface area contributed by atoms with Gasteiger partial charge in [-0.1, -0.05) is 24.9 Å². The van der Waals surface area contributed by atoms with Gasteiger partial charge in [-0.3, -0.25) is 0 Å². The molecule has 1 aromatic heterocycles. The SMILES string of the molecule is CCCc1c(Cl)ncnc1Nc1ccc(C#N)cc1OC. The van der Waals surface area contributed by atoms with E-state index in [9.17, 15) is 0 Å². The van der Waals surface area contributed by atoms with E-state index in [1.165, 1.54) is 6.33 Å². The average molecular weight is 303 g/mol. The molecule has 0 amide bonds. The molecule has 0 radical (unpaired) electrons. The average Bonchev–Trinajstić information content (AvgIpc) is 2.51. The van der Waals surface area contributed by atoms with Crippen LogP contribution in [-0.2, 0) is 6.42 Å². The molecule has 1 N–H and O–H groups in total. The maximum absolute atomic E-state index is 8.92. The quantitative estimate of drug-likeness (QED) is 0.853. The number of benzene rings is 1. The van der Waals surface area contributed by atoms with Crippen LogP contribution in [0.2, 0.25) is 5.15 Å². The Morgan fingerprint density at radius 1 is 1.38 bits per heavy atom. The van der Waals surface area contributed by atoms with Crippen LogP contribution in [0.4, 0.5) is 11.5 Å². The molecule has 0 atom stereocenters. The highest BCUT2D eigenvalue weighted by molar-refractivity contribution is 6.30. The number of nitrogens with one attached hydrogen (secondary N) is 1. The Bertz CT molecular complexity index is 682. The third-order valence-corrected chi connectivity index (χ3v) is 3.30. The summed E-state index contributed by atoms with van der Waals surface area (Å²) in [4.78, 5) is 8.25. The predicted octanol–water partition coefficient (Wildman–Crippen LogP) is 3.71. The molecule has 0 saturated heterocycles. The normalized spacial score (nSPS) is 10.0. The number of nitriles is 1. The van der Waals surface area contributed by atoms with Crippen LogP contribution in [-0.4, -0.2) is 17.1 Å². The van der Waals surface area contributed by atoms with E-state index < -0.39 is 0 Å². The smallest absolute Gasteiger partial charge is 0.143 e. The molecule has 0 unspecified atom stereocenters. The number of hydrogen-bond acceptors (Lipinski definition) is 5. The number of nitrogens with zero attached hydrogens (tertiary/aromatic N) is 3. The third-order valence-electron chi connectivity index (χ3n) is 2.98. The lowest BCUT2D eigenvalue weighted by atomic mass is 10.1. The highest BCUT2D eigenvalue weighted by Gasteiger charge is 2.12. The van der Waals surface area contributed by atoms with Gasteiger partial charge in [0.15, 0.2) is 0 Å². The van der Waals surface area contributed by atoms with Crippen molar-refractivity contribution in [3.63, 3.8) is 0 Å². The van der Waals surface area contributed by atoms with Crippen molar-refractivity contribution >= 4 is 23.1 Å². The van der Waals surface area contributed by atoms with Crippen LogP contribution in [0.15, 0.2) is 24.5 Å². The summed E-state index contributed by atoms with van der Waals surface area (Å²) in [7, 11) is 1.56. The number of hydrogen-bond donors (Lipinski definition) is 1. The summed E-state index contributed by atoms with van der Waals surface area (Å²) in [5.41, 5.74) is 2.13. The minimum absolute atomic E-state index is 0.446. The van der Waals surface area contributed by atoms with Gasteiger partial charge in [0, 0.05) is 11.6 Å². The molecule has 21 heavy (non-hydrogen) atoms. The molecule has 5 nitrogen and oxygen atoms in total. The standard InChI is InChI=1S/C15H15ClN4O/c1-3-4-11-14(16)18-9-19-15(11)20-12-6-5-10(8-17)7-13(12)21-2/h5-7,9H,3-4H2,1-2H3,(H,18,19,20). The molecule has 2 aromatic rings. The lowest BCUT2D eigenvalue weighted by molar-refractivity contribution is 0.416.